The number of carbonyl (C=O) groups is 1. The van der Waals surface area contributed by atoms with E-state index >= 15 is 0 Å². The first-order valence-electron chi connectivity index (χ1n) is 3.89. The number of rotatable bonds is 6. The van der Waals surface area contributed by atoms with E-state index in [0.29, 0.717) is 12.3 Å². The van der Waals surface area contributed by atoms with Crippen molar-refractivity contribution in [2.24, 2.45) is 11.8 Å². The van der Waals surface area contributed by atoms with Crippen LogP contribution in [0.5, 0.6) is 0 Å². The van der Waals surface area contributed by atoms with Crippen LogP contribution in [0, 0.1) is 5.92 Å². The van der Waals surface area contributed by atoms with Crippen LogP contribution in [0.1, 0.15) is 20.3 Å². The molecule has 0 aliphatic heterocycles. The molecule has 5 heteroatoms. The summed E-state index contributed by atoms with van der Waals surface area (Å²) in [6.07, 6.45) is 0.404. The molecular weight excluding hydrogens is 176 g/mol. The van der Waals surface area contributed by atoms with Gasteiger partial charge in [-0.1, -0.05) is 19.4 Å². The topological polar surface area (TPSA) is 64.3 Å². The highest BCUT2D eigenvalue weighted by atomic mass is 32.2. The van der Waals surface area contributed by atoms with E-state index < -0.39 is 0 Å². The van der Waals surface area contributed by atoms with Crippen LogP contribution in [0.4, 0.5) is 0 Å². The molecule has 0 atom stereocenters. The van der Waals surface area contributed by atoms with Gasteiger partial charge in [-0.25, -0.2) is 5.84 Å². The number of hydrogen-bond donors (Lipinski definition) is 2. The Morgan fingerprint density at radius 3 is 2.83 bits per heavy atom. The second kappa shape index (κ2) is 7.39. The van der Waals surface area contributed by atoms with Crippen molar-refractivity contribution >= 4 is 17.7 Å². The predicted octanol–water partition coefficient (Wildman–Crippen LogP) is 0.687. The fourth-order valence-corrected chi connectivity index (χ4v) is 1.54. The number of hydrazine groups is 1. The zero-order chi connectivity index (χ0) is 9.40. The fourth-order valence-electron chi connectivity index (χ4n) is 0.591. The summed E-state index contributed by atoms with van der Waals surface area (Å²) in [5, 5.41) is 0. The number of nitrogens with one attached hydrogen (secondary N) is 1. The molecule has 0 saturated carbocycles. The highest BCUT2D eigenvalue weighted by molar-refractivity contribution is 7.99. The van der Waals surface area contributed by atoms with Gasteiger partial charge in [0.25, 0.3) is 0 Å². The Bertz CT molecular complexity index is 131. The van der Waals surface area contributed by atoms with Crippen molar-refractivity contribution < 1.29 is 9.63 Å². The van der Waals surface area contributed by atoms with Gasteiger partial charge in [-0.15, -0.1) is 0 Å². The molecular formula is C7H16N2O2S. The van der Waals surface area contributed by atoms with E-state index in [9.17, 15) is 4.79 Å². The van der Waals surface area contributed by atoms with Gasteiger partial charge in [-0.3, -0.25) is 4.79 Å². The maximum Gasteiger partial charge on any atom is 0.327 e. The molecule has 72 valence electrons. The van der Waals surface area contributed by atoms with Gasteiger partial charge in [0.1, 0.15) is 0 Å². The van der Waals surface area contributed by atoms with E-state index in [1.54, 1.807) is 11.8 Å². The third kappa shape index (κ3) is 7.84. The van der Waals surface area contributed by atoms with Gasteiger partial charge in [0.2, 0.25) is 0 Å². The monoisotopic (exact) mass is 192 g/mol. The van der Waals surface area contributed by atoms with Gasteiger partial charge < -0.3 is 4.84 Å². The van der Waals surface area contributed by atoms with Gasteiger partial charge in [-0.05, 0) is 11.7 Å². The zero-order valence-corrected chi connectivity index (χ0v) is 8.32. The molecule has 0 radical (unpaired) electrons. The molecule has 12 heavy (non-hydrogen) atoms. The van der Waals surface area contributed by atoms with E-state index in [2.05, 4.69) is 18.7 Å². The minimum atomic E-state index is -0.311. The Kier molecular flexibility index (Phi) is 7.23. The maximum absolute atomic E-state index is 10.7. The summed E-state index contributed by atoms with van der Waals surface area (Å²) < 4.78 is 0. The summed E-state index contributed by atoms with van der Waals surface area (Å²) >= 11 is 1.75. The molecule has 0 bridgehead atoms. The van der Waals surface area contributed by atoms with E-state index in [1.807, 2.05) is 5.59 Å². The Morgan fingerprint density at radius 1 is 1.67 bits per heavy atom. The first-order chi connectivity index (χ1) is 5.66. The largest absolute Gasteiger partial charge is 0.356 e. The Labute approximate surface area is 77.1 Å². The maximum atomic E-state index is 10.7. The quantitative estimate of drug-likeness (QED) is 0.368. The van der Waals surface area contributed by atoms with Crippen molar-refractivity contribution in [2.45, 2.75) is 20.3 Å². The molecule has 0 fully saturated rings. The van der Waals surface area contributed by atoms with Crippen molar-refractivity contribution in [3.8, 4) is 0 Å². The molecule has 0 aliphatic carbocycles. The molecule has 0 aromatic rings. The number of carbonyl (C=O) groups excluding carboxylic acids is 1. The predicted molar refractivity (Wildman–Crippen MR) is 50.2 cm³/mol. The number of nitrogens with two attached hydrogens (primary N) is 1. The minimum absolute atomic E-state index is 0.311. The van der Waals surface area contributed by atoms with E-state index in [0.717, 1.165) is 11.5 Å². The zero-order valence-electron chi connectivity index (χ0n) is 7.50. The van der Waals surface area contributed by atoms with Crippen LogP contribution in [0.25, 0.3) is 0 Å². The molecule has 0 heterocycles. The van der Waals surface area contributed by atoms with Gasteiger partial charge in [0, 0.05) is 5.75 Å². The van der Waals surface area contributed by atoms with Crippen molar-refractivity contribution in [1.82, 2.24) is 5.59 Å². The second-order valence-corrected chi connectivity index (χ2v) is 3.96. The standard InChI is InChI=1S/C7H16N2O2S/c1-6(2)5-12-4-3-7(10)11-9-8/h6,9H,3-5,8H2,1-2H3. The third-order valence-corrected chi connectivity index (χ3v) is 2.47. The van der Waals surface area contributed by atoms with Gasteiger partial charge in [-0.2, -0.15) is 11.8 Å². The molecule has 0 aromatic heterocycles. The van der Waals surface area contributed by atoms with Crippen LogP contribution in [0.2, 0.25) is 0 Å². The average Bonchev–Trinajstić information content (AvgIpc) is 1.98. The number of thioether (sulfide) groups is 1. The van der Waals surface area contributed by atoms with E-state index in [-0.39, 0.29) is 5.97 Å². The molecule has 0 aromatic carbocycles. The molecule has 4 nitrogen and oxygen atoms in total. The average molecular weight is 192 g/mol. The summed E-state index contributed by atoms with van der Waals surface area (Å²) in [7, 11) is 0. The van der Waals surface area contributed by atoms with Crippen molar-refractivity contribution in [1.29, 1.82) is 0 Å². The summed E-state index contributed by atoms with van der Waals surface area (Å²) in [6, 6.07) is 0. The summed E-state index contributed by atoms with van der Waals surface area (Å²) in [5.74, 6) is 7.00. The fraction of sp³-hybridized carbons (Fsp3) is 0.857. The van der Waals surface area contributed by atoms with Crippen LogP contribution in [0.15, 0.2) is 0 Å². The minimum Gasteiger partial charge on any atom is -0.356 e. The summed E-state index contributed by atoms with van der Waals surface area (Å²) in [5.41, 5.74) is 1.86. The molecule has 3 N–H and O–H groups in total. The van der Waals surface area contributed by atoms with Gasteiger partial charge >= 0.3 is 5.97 Å². The van der Waals surface area contributed by atoms with Crippen LogP contribution in [0.3, 0.4) is 0 Å². The van der Waals surface area contributed by atoms with E-state index in [4.69, 9.17) is 5.84 Å². The molecule has 0 saturated heterocycles. The summed E-state index contributed by atoms with van der Waals surface area (Å²) in [4.78, 5) is 15.0. The Hall–Kier alpha value is -0.260. The Morgan fingerprint density at radius 2 is 2.33 bits per heavy atom. The van der Waals surface area contributed by atoms with Crippen molar-refractivity contribution in [3.05, 3.63) is 0 Å². The lowest BCUT2D eigenvalue weighted by Gasteiger charge is -2.03. The molecule has 0 amide bonds. The summed E-state index contributed by atoms with van der Waals surface area (Å²) in [6.45, 7) is 4.29. The normalized spacial score (nSPS) is 10.3. The molecule has 0 unspecified atom stereocenters. The van der Waals surface area contributed by atoms with Crippen molar-refractivity contribution in [2.75, 3.05) is 11.5 Å². The first-order valence-corrected chi connectivity index (χ1v) is 5.05. The Balaban J connectivity index is 3.14. The molecule has 0 aliphatic rings. The lowest BCUT2D eigenvalue weighted by atomic mass is 10.3. The second-order valence-electron chi connectivity index (χ2n) is 2.81. The van der Waals surface area contributed by atoms with Crippen LogP contribution >= 0.6 is 11.8 Å². The van der Waals surface area contributed by atoms with Gasteiger partial charge in [0.15, 0.2) is 0 Å². The van der Waals surface area contributed by atoms with Gasteiger partial charge in [0.05, 0.1) is 6.42 Å². The SMILES string of the molecule is CC(C)CSCCC(=O)ONN. The van der Waals surface area contributed by atoms with Crippen LogP contribution < -0.4 is 11.4 Å². The molecule has 0 rings (SSSR count). The highest BCUT2D eigenvalue weighted by Gasteiger charge is 2.01. The smallest absolute Gasteiger partial charge is 0.327 e. The third-order valence-electron chi connectivity index (χ3n) is 1.07. The van der Waals surface area contributed by atoms with E-state index in [1.165, 1.54) is 0 Å². The first kappa shape index (κ1) is 11.7. The lowest BCUT2D eigenvalue weighted by Crippen LogP contribution is -2.26. The van der Waals surface area contributed by atoms with Crippen molar-refractivity contribution in [3.63, 3.8) is 0 Å². The highest BCUT2D eigenvalue weighted by Crippen LogP contribution is 2.08. The number of hydrogen-bond acceptors (Lipinski definition) is 5. The van der Waals surface area contributed by atoms with Crippen LogP contribution in [-0.2, 0) is 9.63 Å². The lowest BCUT2D eigenvalue weighted by molar-refractivity contribution is -0.150. The van der Waals surface area contributed by atoms with Crippen LogP contribution in [-0.4, -0.2) is 17.5 Å². The molecule has 0 spiro atoms.